The first-order valence-corrected chi connectivity index (χ1v) is 7.47. The van der Waals surface area contributed by atoms with E-state index in [0.717, 1.165) is 30.7 Å². The van der Waals surface area contributed by atoms with Crippen molar-refractivity contribution in [3.63, 3.8) is 0 Å². The van der Waals surface area contributed by atoms with Crippen molar-refractivity contribution >= 4 is 11.7 Å². The van der Waals surface area contributed by atoms with Crippen LogP contribution in [0.4, 0.5) is 5.82 Å². The van der Waals surface area contributed by atoms with Gasteiger partial charge in [-0.2, -0.15) is 0 Å². The smallest absolute Gasteiger partial charge is 0.171 e. The summed E-state index contributed by atoms with van der Waals surface area (Å²) in [6.45, 7) is 2.22. The van der Waals surface area contributed by atoms with Gasteiger partial charge < -0.3 is 15.8 Å². The van der Waals surface area contributed by atoms with Crippen molar-refractivity contribution in [2.75, 3.05) is 18.0 Å². The topological polar surface area (TPSA) is 74.7 Å². The van der Waals surface area contributed by atoms with Crippen molar-refractivity contribution in [3.05, 3.63) is 23.9 Å². The van der Waals surface area contributed by atoms with E-state index in [2.05, 4.69) is 15.0 Å². The van der Waals surface area contributed by atoms with Gasteiger partial charge in [0.05, 0.1) is 0 Å². The van der Waals surface area contributed by atoms with Crippen LogP contribution >= 0.6 is 0 Å². The lowest BCUT2D eigenvalue weighted by Gasteiger charge is -2.41. The maximum Gasteiger partial charge on any atom is 0.171 e. The number of hydrogen-bond donors (Lipinski definition) is 2. The Kier molecular flexibility index (Phi) is 3.76. The Bertz CT molecular complexity index is 485. The Balaban J connectivity index is 1.70. The SMILES string of the molecule is N/C(=N\O)c1ccc(N2CCC3CCCCC3C2)nc1. The van der Waals surface area contributed by atoms with E-state index in [1.807, 2.05) is 12.1 Å². The number of nitrogens with zero attached hydrogens (tertiary/aromatic N) is 3. The number of amidine groups is 1. The molecule has 1 saturated carbocycles. The minimum absolute atomic E-state index is 0.107. The van der Waals surface area contributed by atoms with Crippen molar-refractivity contribution in [2.45, 2.75) is 32.1 Å². The fourth-order valence-electron chi connectivity index (χ4n) is 3.59. The zero-order valence-corrected chi connectivity index (χ0v) is 11.7. The lowest BCUT2D eigenvalue weighted by molar-refractivity contribution is 0.202. The summed E-state index contributed by atoms with van der Waals surface area (Å²) in [6, 6.07) is 3.83. The lowest BCUT2D eigenvalue weighted by Crippen LogP contribution is -2.42. The highest BCUT2D eigenvalue weighted by Gasteiger charge is 2.31. The van der Waals surface area contributed by atoms with Gasteiger partial charge in [0.15, 0.2) is 5.84 Å². The maximum atomic E-state index is 8.66. The lowest BCUT2D eigenvalue weighted by atomic mass is 9.75. The van der Waals surface area contributed by atoms with Crippen LogP contribution in [0, 0.1) is 11.8 Å². The van der Waals surface area contributed by atoms with E-state index in [1.54, 1.807) is 6.20 Å². The average molecular weight is 274 g/mol. The summed E-state index contributed by atoms with van der Waals surface area (Å²) in [7, 11) is 0. The molecule has 2 fully saturated rings. The van der Waals surface area contributed by atoms with E-state index in [0.29, 0.717) is 5.56 Å². The number of pyridine rings is 1. The largest absolute Gasteiger partial charge is 0.409 e. The first-order valence-electron chi connectivity index (χ1n) is 7.47. The maximum absolute atomic E-state index is 8.66. The third-order valence-corrected chi connectivity index (χ3v) is 4.77. The van der Waals surface area contributed by atoms with Crippen LogP contribution < -0.4 is 10.6 Å². The highest BCUT2D eigenvalue weighted by atomic mass is 16.4. The summed E-state index contributed by atoms with van der Waals surface area (Å²) < 4.78 is 0. The fourth-order valence-corrected chi connectivity index (χ4v) is 3.59. The molecule has 0 bridgehead atoms. The molecular formula is C15H22N4O. The molecular weight excluding hydrogens is 252 g/mol. The monoisotopic (exact) mass is 274 g/mol. The molecule has 2 atom stereocenters. The molecule has 1 aromatic rings. The third-order valence-electron chi connectivity index (χ3n) is 4.77. The minimum Gasteiger partial charge on any atom is -0.409 e. The van der Waals surface area contributed by atoms with Gasteiger partial charge in [0.2, 0.25) is 0 Å². The number of nitrogens with two attached hydrogens (primary N) is 1. The standard InChI is InChI=1S/C15H22N4O/c16-15(18-20)12-5-6-14(17-9-12)19-8-7-11-3-1-2-4-13(11)10-19/h5-6,9,11,13,20H,1-4,7-8,10H2,(H2,16,18). The molecule has 3 N–H and O–H groups in total. The summed E-state index contributed by atoms with van der Waals surface area (Å²) in [5.74, 6) is 2.87. The van der Waals surface area contributed by atoms with E-state index in [-0.39, 0.29) is 5.84 Å². The number of oxime groups is 1. The van der Waals surface area contributed by atoms with Crippen molar-refractivity contribution in [1.82, 2.24) is 4.98 Å². The molecule has 2 heterocycles. The Morgan fingerprint density at radius 1 is 1.25 bits per heavy atom. The van der Waals surface area contributed by atoms with Crippen LogP contribution in [0.3, 0.4) is 0 Å². The van der Waals surface area contributed by atoms with Crippen LogP contribution in [0.15, 0.2) is 23.5 Å². The van der Waals surface area contributed by atoms with Crippen LogP contribution in [0.1, 0.15) is 37.7 Å². The number of aromatic nitrogens is 1. The van der Waals surface area contributed by atoms with Crippen molar-refractivity contribution in [2.24, 2.45) is 22.7 Å². The van der Waals surface area contributed by atoms with Gasteiger partial charge in [-0.05, 0) is 36.8 Å². The number of hydrogen-bond acceptors (Lipinski definition) is 4. The highest BCUT2D eigenvalue weighted by Crippen LogP contribution is 2.37. The van der Waals surface area contributed by atoms with Crippen LogP contribution in [-0.2, 0) is 0 Å². The van der Waals surface area contributed by atoms with Gasteiger partial charge in [-0.15, -0.1) is 0 Å². The summed E-state index contributed by atoms with van der Waals surface area (Å²) in [4.78, 5) is 6.84. The molecule has 1 saturated heterocycles. The van der Waals surface area contributed by atoms with E-state index in [9.17, 15) is 0 Å². The van der Waals surface area contributed by atoms with Gasteiger partial charge >= 0.3 is 0 Å². The fraction of sp³-hybridized carbons (Fsp3) is 0.600. The number of fused-ring (bicyclic) bond motifs is 1. The van der Waals surface area contributed by atoms with Gasteiger partial charge in [0.1, 0.15) is 5.82 Å². The Labute approximate surface area is 119 Å². The first kappa shape index (κ1) is 13.2. The molecule has 1 aliphatic heterocycles. The Hall–Kier alpha value is -1.78. The number of piperidine rings is 1. The molecule has 0 spiro atoms. The molecule has 2 aliphatic rings. The van der Waals surface area contributed by atoms with Crippen LogP contribution in [0.2, 0.25) is 0 Å². The average Bonchev–Trinajstić information content (AvgIpc) is 2.54. The second-order valence-corrected chi connectivity index (χ2v) is 5.93. The molecule has 108 valence electrons. The van der Waals surface area contributed by atoms with Crippen molar-refractivity contribution < 1.29 is 5.21 Å². The van der Waals surface area contributed by atoms with Crippen LogP contribution in [-0.4, -0.2) is 29.1 Å². The number of rotatable bonds is 2. The predicted octanol–water partition coefficient (Wildman–Crippen LogP) is 2.19. The molecule has 2 unspecified atom stereocenters. The zero-order valence-electron chi connectivity index (χ0n) is 11.7. The van der Waals surface area contributed by atoms with E-state index in [1.165, 1.54) is 32.1 Å². The second-order valence-electron chi connectivity index (χ2n) is 5.93. The quantitative estimate of drug-likeness (QED) is 0.375. The molecule has 20 heavy (non-hydrogen) atoms. The zero-order chi connectivity index (χ0) is 13.9. The van der Waals surface area contributed by atoms with Crippen molar-refractivity contribution in [3.8, 4) is 0 Å². The van der Waals surface area contributed by atoms with Gasteiger partial charge in [-0.25, -0.2) is 4.98 Å². The van der Waals surface area contributed by atoms with Crippen LogP contribution in [0.25, 0.3) is 0 Å². The molecule has 0 amide bonds. The summed E-state index contributed by atoms with van der Waals surface area (Å²) in [6.07, 6.45) is 8.53. The Morgan fingerprint density at radius 2 is 2.05 bits per heavy atom. The Morgan fingerprint density at radius 3 is 2.75 bits per heavy atom. The third kappa shape index (κ3) is 2.57. The molecule has 1 aromatic heterocycles. The summed E-state index contributed by atoms with van der Waals surface area (Å²) in [5, 5.41) is 11.7. The van der Waals surface area contributed by atoms with Gasteiger partial charge in [0, 0.05) is 24.8 Å². The van der Waals surface area contributed by atoms with E-state index < -0.39 is 0 Å². The molecule has 1 aliphatic carbocycles. The molecule has 0 radical (unpaired) electrons. The van der Waals surface area contributed by atoms with E-state index in [4.69, 9.17) is 10.9 Å². The van der Waals surface area contributed by atoms with Crippen molar-refractivity contribution in [1.29, 1.82) is 0 Å². The molecule has 0 aromatic carbocycles. The van der Waals surface area contributed by atoms with Gasteiger partial charge in [-0.1, -0.05) is 24.4 Å². The molecule has 3 rings (SSSR count). The van der Waals surface area contributed by atoms with Crippen LogP contribution in [0.5, 0.6) is 0 Å². The number of anilines is 1. The first-order chi connectivity index (χ1) is 9.78. The second kappa shape index (κ2) is 5.69. The molecule has 5 heteroatoms. The summed E-state index contributed by atoms with van der Waals surface area (Å²) >= 11 is 0. The normalized spacial score (nSPS) is 27.2. The highest BCUT2D eigenvalue weighted by molar-refractivity contribution is 5.96. The van der Waals surface area contributed by atoms with Gasteiger partial charge in [-0.3, -0.25) is 0 Å². The molecule has 5 nitrogen and oxygen atoms in total. The van der Waals surface area contributed by atoms with Gasteiger partial charge in [0.25, 0.3) is 0 Å². The summed E-state index contributed by atoms with van der Waals surface area (Å²) in [5.41, 5.74) is 6.21. The predicted molar refractivity (Wildman–Crippen MR) is 79.0 cm³/mol. The minimum atomic E-state index is 0.107. The van der Waals surface area contributed by atoms with E-state index >= 15 is 0 Å².